The van der Waals surface area contributed by atoms with Crippen molar-refractivity contribution in [3.05, 3.63) is 63.2 Å². The van der Waals surface area contributed by atoms with Crippen molar-refractivity contribution in [3.8, 4) is 11.1 Å². The molecule has 2 aliphatic heterocycles. The highest BCUT2D eigenvalue weighted by Gasteiger charge is 2.26. The molecule has 188 valence electrons. The van der Waals surface area contributed by atoms with E-state index in [0.29, 0.717) is 22.2 Å². The zero-order valence-corrected chi connectivity index (χ0v) is 21.2. The van der Waals surface area contributed by atoms with Crippen LogP contribution in [0.5, 0.6) is 0 Å². The number of anilines is 1. The van der Waals surface area contributed by atoms with Crippen LogP contribution in [-0.4, -0.2) is 62.0 Å². The van der Waals surface area contributed by atoms with Gasteiger partial charge < -0.3 is 25.2 Å². The molecule has 4 rings (SSSR count). The molecule has 7 nitrogen and oxygen atoms in total. The molecule has 0 unspecified atom stereocenters. The molecular weight excluding hydrogens is 491 g/mol. The van der Waals surface area contributed by atoms with E-state index in [0.717, 1.165) is 52.0 Å². The highest BCUT2D eigenvalue weighted by Crippen LogP contribution is 2.43. The van der Waals surface area contributed by atoms with Crippen LogP contribution in [0.1, 0.15) is 23.1 Å². The zero-order chi connectivity index (χ0) is 25.4. The van der Waals surface area contributed by atoms with Crippen molar-refractivity contribution >= 4 is 40.8 Å². The van der Waals surface area contributed by atoms with E-state index in [-0.39, 0.29) is 0 Å². The van der Waals surface area contributed by atoms with Gasteiger partial charge in [-0.2, -0.15) is 0 Å². The molecule has 2 aliphatic rings. The second-order valence-electron chi connectivity index (χ2n) is 8.37. The Balaban J connectivity index is 0.000000371. The number of benzene rings is 2. The number of methoxy groups -OCH3 is 1. The van der Waals surface area contributed by atoms with Crippen LogP contribution in [-0.2, 0) is 33.6 Å². The Morgan fingerprint density at radius 3 is 2.40 bits per heavy atom. The van der Waals surface area contributed by atoms with E-state index in [2.05, 4.69) is 22.3 Å². The molecule has 0 saturated carbocycles. The summed E-state index contributed by atoms with van der Waals surface area (Å²) in [7, 11) is 1.77. The highest BCUT2D eigenvalue weighted by atomic mass is 35.5. The van der Waals surface area contributed by atoms with Crippen molar-refractivity contribution in [1.29, 1.82) is 0 Å². The summed E-state index contributed by atoms with van der Waals surface area (Å²) in [5, 5.41) is 20.4. The van der Waals surface area contributed by atoms with Crippen LogP contribution in [0.3, 0.4) is 0 Å². The van der Waals surface area contributed by atoms with Crippen LogP contribution in [0.15, 0.2) is 36.4 Å². The SMILES string of the molecule is COCCN1CCCc2cc3c(c(-c4ccc(Cl)c(Cl)c4)c21)CCNCC3.O=C(O)/C=C/C(=O)O. The fraction of sp³-hybridized carbons (Fsp3) is 0.385. The van der Waals surface area contributed by atoms with E-state index in [9.17, 15) is 9.59 Å². The van der Waals surface area contributed by atoms with Crippen LogP contribution >= 0.6 is 23.2 Å². The second-order valence-corrected chi connectivity index (χ2v) is 9.18. The van der Waals surface area contributed by atoms with Gasteiger partial charge in [-0.25, -0.2) is 9.59 Å². The Hall–Kier alpha value is -2.58. The number of nitrogens with one attached hydrogen (secondary N) is 1. The quantitative estimate of drug-likeness (QED) is 0.483. The van der Waals surface area contributed by atoms with Gasteiger partial charge in [-0.05, 0) is 73.2 Å². The number of carbonyl (C=O) groups is 2. The summed E-state index contributed by atoms with van der Waals surface area (Å²) in [6.07, 6.45) is 5.55. The third kappa shape index (κ3) is 7.21. The van der Waals surface area contributed by atoms with Gasteiger partial charge in [0.05, 0.1) is 16.7 Å². The van der Waals surface area contributed by atoms with Gasteiger partial charge in [-0.1, -0.05) is 35.3 Å². The average molecular weight is 521 g/mol. The molecule has 0 spiro atoms. The Kier molecular flexibility index (Phi) is 9.98. The molecule has 9 heteroatoms. The molecule has 0 radical (unpaired) electrons. The number of rotatable bonds is 6. The summed E-state index contributed by atoms with van der Waals surface area (Å²) in [4.78, 5) is 21.6. The Labute approximate surface area is 215 Å². The van der Waals surface area contributed by atoms with E-state index in [1.54, 1.807) is 7.11 Å². The van der Waals surface area contributed by atoms with Crippen molar-refractivity contribution in [1.82, 2.24) is 5.32 Å². The van der Waals surface area contributed by atoms with Crippen molar-refractivity contribution in [2.45, 2.75) is 25.7 Å². The molecule has 2 heterocycles. The first-order chi connectivity index (χ1) is 16.8. The average Bonchev–Trinajstić information content (AvgIpc) is 3.07. The van der Waals surface area contributed by atoms with Crippen molar-refractivity contribution < 1.29 is 24.5 Å². The van der Waals surface area contributed by atoms with Crippen LogP contribution in [0.4, 0.5) is 5.69 Å². The van der Waals surface area contributed by atoms with Gasteiger partial charge in [0.25, 0.3) is 0 Å². The Morgan fingerprint density at radius 1 is 1.03 bits per heavy atom. The van der Waals surface area contributed by atoms with Crippen molar-refractivity contribution in [2.75, 3.05) is 44.8 Å². The Bertz CT molecular complexity index is 1090. The summed E-state index contributed by atoms with van der Waals surface area (Å²) >= 11 is 12.6. The molecule has 0 aliphatic carbocycles. The monoisotopic (exact) mass is 520 g/mol. The number of carboxylic acid groups (broad SMARTS) is 2. The van der Waals surface area contributed by atoms with Gasteiger partial charge in [-0.3, -0.25) is 0 Å². The van der Waals surface area contributed by atoms with Gasteiger partial charge in [-0.15, -0.1) is 0 Å². The van der Waals surface area contributed by atoms with Crippen LogP contribution in [0.25, 0.3) is 11.1 Å². The number of fused-ring (bicyclic) bond motifs is 2. The normalized spacial score (nSPS) is 15.0. The first kappa shape index (κ1) is 27.0. The first-order valence-corrected chi connectivity index (χ1v) is 12.3. The minimum Gasteiger partial charge on any atom is -0.478 e. The van der Waals surface area contributed by atoms with Crippen LogP contribution < -0.4 is 10.2 Å². The highest BCUT2D eigenvalue weighted by molar-refractivity contribution is 6.42. The van der Waals surface area contributed by atoms with Gasteiger partial charge in [0.1, 0.15) is 0 Å². The smallest absolute Gasteiger partial charge is 0.328 e. The topological polar surface area (TPSA) is 99.1 Å². The van der Waals surface area contributed by atoms with Crippen molar-refractivity contribution in [3.63, 3.8) is 0 Å². The largest absolute Gasteiger partial charge is 0.478 e. The van der Waals surface area contributed by atoms with E-state index in [1.807, 2.05) is 12.1 Å². The van der Waals surface area contributed by atoms with Gasteiger partial charge in [0.2, 0.25) is 0 Å². The predicted molar refractivity (Wildman–Crippen MR) is 139 cm³/mol. The lowest BCUT2D eigenvalue weighted by molar-refractivity contribution is -0.134. The lowest BCUT2D eigenvalue weighted by atomic mass is 9.85. The summed E-state index contributed by atoms with van der Waals surface area (Å²) in [5.41, 5.74) is 8.29. The molecule has 0 bridgehead atoms. The lowest BCUT2D eigenvalue weighted by Gasteiger charge is -2.35. The van der Waals surface area contributed by atoms with Gasteiger partial charge in [0, 0.05) is 43.6 Å². The van der Waals surface area contributed by atoms with E-state index in [1.165, 1.54) is 39.9 Å². The number of halogens is 2. The number of aliphatic carboxylic acids is 2. The van der Waals surface area contributed by atoms with E-state index in [4.69, 9.17) is 38.2 Å². The second kappa shape index (κ2) is 12.9. The molecule has 0 atom stereocenters. The predicted octanol–water partition coefficient (Wildman–Crippen LogP) is 4.46. The van der Waals surface area contributed by atoms with E-state index < -0.39 is 11.9 Å². The third-order valence-electron chi connectivity index (χ3n) is 6.03. The molecule has 2 aromatic carbocycles. The third-order valence-corrected chi connectivity index (χ3v) is 6.77. The maximum absolute atomic E-state index is 9.55. The minimum absolute atomic E-state index is 0.558. The number of ether oxygens (including phenoxy) is 1. The summed E-state index contributed by atoms with van der Waals surface area (Å²) in [6.45, 7) is 4.77. The molecule has 0 fully saturated rings. The van der Waals surface area contributed by atoms with Crippen molar-refractivity contribution in [2.24, 2.45) is 0 Å². The molecule has 3 N–H and O–H groups in total. The minimum atomic E-state index is -1.26. The summed E-state index contributed by atoms with van der Waals surface area (Å²) in [6, 6.07) is 8.52. The number of carboxylic acids is 2. The van der Waals surface area contributed by atoms with Crippen LogP contribution in [0.2, 0.25) is 10.0 Å². The molecule has 35 heavy (non-hydrogen) atoms. The standard InChI is InChI=1S/C22H26Cl2N2O.C4H4O4/c1-27-12-11-26-10-2-3-17-13-15-6-8-25-9-7-18(15)21(22(17)26)16-4-5-19(23)20(24)14-16;5-3(6)1-2-4(7)8/h4-5,13-14,25H,2-3,6-12H2,1H3;1-2H,(H,5,6)(H,7,8)/b;2-1+. The molecule has 2 aromatic rings. The molecule has 0 amide bonds. The fourth-order valence-corrected chi connectivity index (χ4v) is 4.85. The first-order valence-electron chi connectivity index (χ1n) is 11.5. The molecule has 0 aromatic heterocycles. The summed E-state index contributed by atoms with van der Waals surface area (Å²) in [5.74, 6) is -2.51. The molecule has 0 saturated heterocycles. The Morgan fingerprint density at radius 2 is 1.74 bits per heavy atom. The lowest BCUT2D eigenvalue weighted by Crippen LogP contribution is -2.33. The van der Waals surface area contributed by atoms with Gasteiger partial charge in [0.15, 0.2) is 0 Å². The number of hydrogen-bond acceptors (Lipinski definition) is 5. The number of hydrogen-bond donors (Lipinski definition) is 3. The maximum Gasteiger partial charge on any atom is 0.328 e. The van der Waals surface area contributed by atoms with Crippen LogP contribution in [0, 0.1) is 0 Å². The zero-order valence-electron chi connectivity index (χ0n) is 19.7. The fourth-order valence-electron chi connectivity index (χ4n) is 4.55. The van der Waals surface area contributed by atoms with E-state index >= 15 is 0 Å². The van der Waals surface area contributed by atoms with Gasteiger partial charge >= 0.3 is 11.9 Å². The maximum atomic E-state index is 9.55. The molecular formula is C26H30Cl2N2O5. The number of nitrogens with zero attached hydrogens (tertiary/aromatic N) is 1. The number of aryl methyl sites for hydroxylation is 1. The summed E-state index contributed by atoms with van der Waals surface area (Å²) < 4.78 is 5.38.